The molecule has 5 heteroatoms. The smallest absolute Gasteiger partial charge is 0.261 e. The Morgan fingerprint density at radius 1 is 1.23 bits per heavy atom. The van der Waals surface area contributed by atoms with Crippen molar-refractivity contribution in [3.05, 3.63) is 52.4 Å². The van der Waals surface area contributed by atoms with Gasteiger partial charge >= 0.3 is 0 Å². The minimum Gasteiger partial charge on any atom is -0.481 e. The zero-order valence-corrected chi connectivity index (χ0v) is 13.9. The van der Waals surface area contributed by atoms with Gasteiger partial charge in [0.2, 0.25) is 0 Å². The molecule has 2 unspecified atom stereocenters. The number of furan rings is 1. The number of carbonyl (C=O) groups is 1. The Labute approximate surface area is 135 Å². The lowest BCUT2D eigenvalue weighted by molar-refractivity contribution is -0.128. The average Bonchev–Trinajstić information content (AvgIpc) is 2.88. The summed E-state index contributed by atoms with van der Waals surface area (Å²) >= 11 is 5.91. The molecule has 0 saturated heterocycles. The SMILES string of the molecule is Cc1ccc(C(C)NC(=O)C(C)Oc2ccc(Cl)cc2C)o1. The third-order valence-electron chi connectivity index (χ3n) is 3.36. The van der Waals surface area contributed by atoms with Crippen LogP contribution in [-0.2, 0) is 4.79 Å². The van der Waals surface area contributed by atoms with E-state index in [0.29, 0.717) is 10.8 Å². The summed E-state index contributed by atoms with van der Waals surface area (Å²) in [5.74, 6) is 1.99. The summed E-state index contributed by atoms with van der Waals surface area (Å²) in [5.41, 5.74) is 0.891. The molecule has 1 aromatic heterocycles. The summed E-state index contributed by atoms with van der Waals surface area (Å²) in [6.07, 6.45) is -0.613. The second kappa shape index (κ2) is 6.88. The van der Waals surface area contributed by atoms with Gasteiger partial charge in [0.1, 0.15) is 17.3 Å². The van der Waals surface area contributed by atoms with Crippen LogP contribution in [0.3, 0.4) is 0 Å². The molecule has 0 saturated carbocycles. The number of carbonyl (C=O) groups excluding carboxylic acids is 1. The maximum absolute atomic E-state index is 12.2. The lowest BCUT2D eigenvalue weighted by Crippen LogP contribution is -2.37. The van der Waals surface area contributed by atoms with Gasteiger partial charge < -0.3 is 14.5 Å². The number of halogens is 1. The number of hydrogen-bond acceptors (Lipinski definition) is 3. The Hall–Kier alpha value is -1.94. The molecule has 0 aliphatic heterocycles. The van der Waals surface area contributed by atoms with Crippen LogP contribution in [0.5, 0.6) is 5.75 Å². The van der Waals surface area contributed by atoms with E-state index in [1.165, 1.54) is 0 Å². The van der Waals surface area contributed by atoms with Crippen molar-refractivity contribution in [2.75, 3.05) is 0 Å². The third kappa shape index (κ3) is 4.04. The molecule has 22 heavy (non-hydrogen) atoms. The second-order valence-corrected chi connectivity index (χ2v) is 5.79. The summed E-state index contributed by atoms with van der Waals surface area (Å²) in [7, 11) is 0. The monoisotopic (exact) mass is 321 g/mol. The van der Waals surface area contributed by atoms with E-state index in [1.807, 2.05) is 32.9 Å². The van der Waals surface area contributed by atoms with Gasteiger partial charge in [-0.1, -0.05) is 11.6 Å². The third-order valence-corrected chi connectivity index (χ3v) is 3.59. The van der Waals surface area contributed by atoms with Gasteiger partial charge in [0, 0.05) is 5.02 Å². The van der Waals surface area contributed by atoms with E-state index in [9.17, 15) is 4.79 Å². The van der Waals surface area contributed by atoms with Gasteiger partial charge in [0.05, 0.1) is 6.04 Å². The molecule has 1 aromatic carbocycles. The fraction of sp³-hybridized carbons (Fsp3) is 0.353. The molecular formula is C17H20ClNO3. The lowest BCUT2D eigenvalue weighted by Gasteiger charge is -2.18. The van der Waals surface area contributed by atoms with Crippen molar-refractivity contribution in [1.82, 2.24) is 5.32 Å². The van der Waals surface area contributed by atoms with Crippen LogP contribution in [0.4, 0.5) is 0 Å². The zero-order valence-electron chi connectivity index (χ0n) is 13.1. The normalized spacial score (nSPS) is 13.5. The molecule has 0 aliphatic rings. The topological polar surface area (TPSA) is 51.5 Å². The molecule has 2 aromatic rings. The van der Waals surface area contributed by atoms with Crippen molar-refractivity contribution in [2.45, 2.75) is 39.8 Å². The standard InChI is InChI=1S/C17H20ClNO3/c1-10-9-14(18)6-8-15(10)22-13(4)17(20)19-12(3)16-7-5-11(2)21-16/h5-9,12-13H,1-4H3,(H,19,20). The van der Waals surface area contributed by atoms with Crippen LogP contribution in [0, 0.1) is 13.8 Å². The molecule has 0 bridgehead atoms. The van der Waals surface area contributed by atoms with Gasteiger partial charge in [0.15, 0.2) is 6.10 Å². The Morgan fingerprint density at radius 3 is 2.55 bits per heavy atom. The van der Waals surface area contributed by atoms with Crippen LogP contribution in [0.2, 0.25) is 5.02 Å². The molecule has 4 nitrogen and oxygen atoms in total. The number of nitrogens with one attached hydrogen (secondary N) is 1. The first-order valence-corrected chi connectivity index (χ1v) is 7.54. The Kier molecular flexibility index (Phi) is 5.14. The molecule has 0 spiro atoms. The summed E-state index contributed by atoms with van der Waals surface area (Å²) in [6, 6.07) is 8.82. The van der Waals surface area contributed by atoms with E-state index in [1.54, 1.807) is 25.1 Å². The molecule has 0 radical (unpaired) electrons. The van der Waals surface area contributed by atoms with Gasteiger partial charge in [-0.25, -0.2) is 0 Å². The fourth-order valence-electron chi connectivity index (χ4n) is 2.08. The maximum atomic E-state index is 12.2. The van der Waals surface area contributed by atoms with Crippen molar-refractivity contribution in [3.8, 4) is 5.75 Å². The molecule has 2 rings (SSSR count). The second-order valence-electron chi connectivity index (χ2n) is 5.35. The predicted octanol–water partition coefficient (Wildman–Crippen LogP) is 4.19. The minimum atomic E-state index is -0.613. The van der Waals surface area contributed by atoms with Crippen LogP contribution in [0.25, 0.3) is 0 Å². The summed E-state index contributed by atoms with van der Waals surface area (Å²) < 4.78 is 11.2. The quantitative estimate of drug-likeness (QED) is 0.898. The first-order chi connectivity index (χ1) is 10.4. The van der Waals surface area contributed by atoms with Crippen molar-refractivity contribution < 1.29 is 13.9 Å². The Morgan fingerprint density at radius 2 is 1.95 bits per heavy atom. The van der Waals surface area contributed by atoms with E-state index in [0.717, 1.165) is 17.1 Å². The first-order valence-electron chi connectivity index (χ1n) is 7.16. The molecule has 118 valence electrons. The molecule has 1 heterocycles. The largest absolute Gasteiger partial charge is 0.481 e. The van der Waals surface area contributed by atoms with Crippen molar-refractivity contribution >= 4 is 17.5 Å². The van der Waals surface area contributed by atoms with E-state index < -0.39 is 6.10 Å². The zero-order chi connectivity index (χ0) is 16.3. The highest BCUT2D eigenvalue weighted by Crippen LogP contribution is 2.23. The molecule has 1 N–H and O–H groups in total. The Bertz CT molecular complexity index is 666. The highest BCUT2D eigenvalue weighted by Gasteiger charge is 2.19. The summed E-state index contributed by atoms with van der Waals surface area (Å²) in [5, 5.41) is 3.52. The van der Waals surface area contributed by atoms with Crippen LogP contribution in [-0.4, -0.2) is 12.0 Å². The molecule has 2 atom stereocenters. The van der Waals surface area contributed by atoms with E-state index in [-0.39, 0.29) is 11.9 Å². The van der Waals surface area contributed by atoms with Crippen molar-refractivity contribution in [2.24, 2.45) is 0 Å². The van der Waals surface area contributed by atoms with Gasteiger partial charge in [-0.15, -0.1) is 0 Å². The average molecular weight is 322 g/mol. The number of benzene rings is 1. The number of hydrogen-bond donors (Lipinski definition) is 1. The maximum Gasteiger partial charge on any atom is 0.261 e. The molecular weight excluding hydrogens is 302 g/mol. The first kappa shape index (κ1) is 16.4. The number of aryl methyl sites for hydroxylation is 2. The van der Waals surface area contributed by atoms with Gasteiger partial charge in [-0.2, -0.15) is 0 Å². The van der Waals surface area contributed by atoms with Crippen LogP contribution >= 0.6 is 11.6 Å². The fourth-order valence-corrected chi connectivity index (χ4v) is 2.30. The Balaban J connectivity index is 1.97. The number of amides is 1. The van der Waals surface area contributed by atoms with E-state index in [2.05, 4.69) is 5.32 Å². The predicted molar refractivity (Wildman–Crippen MR) is 86.3 cm³/mol. The van der Waals surface area contributed by atoms with Gasteiger partial charge in [-0.3, -0.25) is 4.79 Å². The van der Waals surface area contributed by atoms with Crippen LogP contribution < -0.4 is 10.1 Å². The van der Waals surface area contributed by atoms with Crippen molar-refractivity contribution in [3.63, 3.8) is 0 Å². The summed E-state index contributed by atoms with van der Waals surface area (Å²) in [4.78, 5) is 12.2. The van der Waals surface area contributed by atoms with Crippen molar-refractivity contribution in [1.29, 1.82) is 0 Å². The van der Waals surface area contributed by atoms with E-state index >= 15 is 0 Å². The minimum absolute atomic E-state index is 0.198. The molecule has 1 amide bonds. The lowest BCUT2D eigenvalue weighted by atomic mass is 10.2. The summed E-state index contributed by atoms with van der Waals surface area (Å²) in [6.45, 7) is 7.34. The highest BCUT2D eigenvalue weighted by atomic mass is 35.5. The molecule has 0 fully saturated rings. The van der Waals surface area contributed by atoms with Gasteiger partial charge in [-0.05, 0) is 63.6 Å². The number of ether oxygens (including phenoxy) is 1. The highest BCUT2D eigenvalue weighted by molar-refractivity contribution is 6.30. The van der Waals surface area contributed by atoms with Crippen LogP contribution in [0.15, 0.2) is 34.7 Å². The van der Waals surface area contributed by atoms with E-state index in [4.69, 9.17) is 20.8 Å². The van der Waals surface area contributed by atoms with Crippen LogP contribution in [0.1, 0.15) is 37.0 Å². The number of rotatable bonds is 5. The van der Waals surface area contributed by atoms with Gasteiger partial charge in [0.25, 0.3) is 5.91 Å². The molecule has 0 aliphatic carbocycles.